The lowest BCUT2D eigenvalue weighted by Gasteiger charge is -2.57. The molecule has 4 atom stereocenters. The Hall–Kier alpha value is -5.98. The van der Waals surface area contributed by atoms with E-state index in [1.807, 2.05) is 0 Å². The maximum absolute atomic E-state index is 15.1. The second kappa shape index (κ2) is 20.0. The van der Waals surface area contributed by atoms with E-state index < -0.39 is 37.3 Å². The van der Waals surface area contributed by atoms with Gasteiger partial charge in [0, 0.05) is 75.5 Å². The lowest BCUT2D eigenvalue weighted by molar-refractivity contribution is -0.384. The number of nitro groups is 1. The summed E-state index contributed by atoms with van der Waals surface area (Å²) in [4.78, 5) is 38.0. The van der Waals surface area contributed by atoms with Crippen molar-refractivity contribution in [3.63, 3.8) is 0 Å². The van der Waals surface area contributed by atoms with Crippen molar-refractivity contribution in [2.24, 2.45) is 16.7 Å². The lowest BCUT2D eigenvalue weighted by atomic mass is 9.70. The number of ether oxygens (including phenoxy) is 4. The van der Waals surface area contributed by atoms with E-state index in [4.69, 9.17) is 18.9 Å². The van der Waals surface area contributed by atoms with E-state index in [9.17, 15) is 23.3 Å². The van der Waals surface area contributed by atoms with Gasteiger partial charge in [-0.3, -0.25) is 19.8 Å². The third-order valence-corrected chi connectivity index (χ3v) is 17.9. The number of hydrogen-bond acceptors (Lipinski definition) is 13. The zero-order valence-corrected chi connectivity index (χ0v) is 43.5. The Bertz CT molecular complexity index is 2990. The third kappa shape index (κ3) is 10.3. The molecule has 2 saturated heterocycles. The molecule has 1 unspecified atom stereocenters. The molecule has 5 heterocycles. The van der Waals surface area contributed by atoms with Crippen LogP contribution in [0.1, 0.15) is 126 Å². The molecule has 18 heteroatoms. The average Bonchev–Trinajstić information content (AvgIpc) is 4.00. The number of amides is 1. The maximum Gasteiger partial charge on any atom is 0.297 e. The van der Waals surface area contributed by atoms with Crippen LogP contribution < -0.4 is 29.1 Å². The predicted molar refractivity (Wildman–Crippen MR) is 277 cm³/mol. The Labute approximate surface area is 426 Å². The van der Waals surface area contributed by atoms with E-state index in [-0.39, 0.29) is 87.5 Å². The van der Waals surface area contributed by atoms with Crippen molar-refractivity contribution in [2.75, 3.05) is 56.7 Å². The van der Waals surface area contributed by atoms with Crippen LogP contribution in [0.2, 0.25) is 0 Å². The minimum atomic E-state index is -4.75. The van der Waals surface area contributed by atoms with Crippen LogP contribution in [-0.2, 0) is 14.8 Å². The highest BCUT2D eigenvalue weighted by Gasteiger charge is 2.49. The number of pyridine rings is 1. The standard InChI is InChI=1S/C55H68FN7O9S/c1-33(2)38-10-7-8-11-39(38)40-12-9-13-45(40)62-31-55(32-62)20-22-61(23-21-55)36-14-15-41(47(24-36)72-49-27-42-43(56)28-57-51(42)59-53(49)71-29-34(3)69-6)52(64)60-73(67,68)37-25-46(63(65)66)50-48(26-37)70-30-44(58-50)35-16-18-54(4,5)19-17-35/h7-8,10-11,14-15,24-28,33-35,40,44-45,58H,9,12-13,16-23,29-32H2,1-6H3,(H,57,59)(H,60,64)/t34?,40-,44-,45-/m1/s1. The number of nitro benzene ring substituents is 1. The fourth-order valence-corrected chi connectivity index (χ4v) is 13.1. The molecule has 2 saturated carbocycles. The zero-order chi connectivity index (χ0) is 51.4. The van der Waals surface area contributed by atoms with Gasteiger partial charge < -0.3 is 34.1 Å². The number of benzene rings is 3. The van der Waals surface area contributed by atoms with Crippen LogP contribution in [0.4, 0.5) is 21.5 Å². The molecule has 390 valence electrons. The van der Waals surface area contributed by atoms with Crippen molar-refractivity contribution >= 4 is 44.0 Å². The van der Waals surface area contributed by atoms with Gasteiger partial charge in [-0.2, -0.15) is 4.98 Å². The molecule has 5 aliphatic rings. The third-order valence-electron chi connectivity index (χ3n) is 16.6. The summed E-state index contributed by atoms with van der Waals surface area (Å²) in [7, 11) is -3.22. The van der Waals surface area contributed by atoms with Gasteiger partial charge in [0.25, 0.3) is 27.5 Å². The number of carbonyl (C=O) groups is 1. The second-order valence-corrected chi connectivity index (χ2v) is 24.0. The summed E-state index contributed by atoms with van der Waals surface area (Å²) in [5.74, 6) is -0.489. The van der Waals surface area contributed by atoms with E-state index >= 15 is 4.39 Å². The molecule has 0 radical (unpaired) electrons. The first-order valence-electron chi connectivity index (χ1n) is 25.9. The van der Waals surface area contributed by atoms with Crippen molar-refractivity contribution in [2.45, 2.75) is 127 Å². The molecule has 0 bridgehead atoms. The van der Waals surface area contributed by atoms with Crippen LogP contribution in [0.25, 0.3) is 11.0 Å². The quantitative estimate of drug-likeness (QED) is 0.0664. The van der Waals surface area contributed by atoms with Crippen molar-refractivity contribution in [3.8, 4) is 23.1 Å². The number of sulfonamides is 1. The number of aromatic amines is 1. The summed E-state index contributed by atoms with van der Waals surface area (Å²) < 4.78 is 69.6. The molecule has 3 N–H and O–H groups in total. The number of nitrogens with zero attached hydrogens (tertiary/aromatic N) is 4. The number of H-pyrrole nitrogens is 1. The van der Waals surface area contributed by atoms with Crippen LogP contribution in [0, 0.1) is 32.7 Å². The largest absolute Gasteiger partial charge is 0.489 e. The molecule has 3 aromatic carbocycles. The molecular formula is C55H68FN7O9S. The first-order chi connectivity index (χ1) is 34.9. The minimum Gasteiger partial charge on any atom is -0.489 e. The van der Waals surface area contributed by atoms with Crippen LogP contribution in [-0.4, -0.2) is 98.8 Å². The summed E-state index contributed by atoms with van der Waals surface area (Å²) in [6.07, 6.45) is 10.3. The summed E-state index contributed by atoms with van der Waals surface area (Å²) in [6.45, 7) is 14.7. The van der Waals surface area contributed by atoms with Gasteiger partial charge in [-0.05, 0) is 110 Å². The van der Waals surface area contributed by atoms with Crippen LogP contribution in [0.15, 0.2) is 71.8 Å². The number of nitrogens with one attached hydrogen (secondary N) is 3. The first kappa shape index (κ1) is 50.5. The molecule has 2 aliphatic carbocycles. The number of rotatable bonds is 15. The Morgan fingerprint density at radius 3 is 2.48 bits per heavy atom. The van der Waals surface area contributed by atoms with Crippen LogP contribution in [0.3, 0.4) is 0 Å². The van der Waals surface area contributed by atoms with Crippen molar-refractivity contribution in [1.29, 1.82) is 0 Å². The zero-order valence-electron chi connectivity index (χ0n) is 42.7. The monoisotopic (exact) mass is 1020 g/mol. The number of piperidine rings is 1. The number of fused-ring (bicyclic) bond motifs is 2. The molecule has 2 aromatic heterocycles. The van der Waals surface area contributed by atoms with Gasteiger partial charge in [0.2, 0.25) is 0 Å². The van der Waals surface area contributed by atoms with E-state index in [1.165, 1.54) is 55.7 Å². The molecule has 1 spiro atoms. The molecule has 73 heavy (non-hydrogen) atoms. The molecular weight excluding hydrogens is 954 g/mol. The first-order valence-corrected chi connectivity index (χ1v) is 27.4. The SMILES string of the molecule is COC(C)COc1nc2[nH]cc(F)c2cc1Oc1cc(N2CCC3(CC2)CN([C@@H]2CCC[C@@H]2c2ccccc2C(C)C)C3)ccc1C(=O)NS(=O)(=O)c1cc2c(c([N+](=O)[O-])c1)N[C@@H](C1CCC(C)(C)CC1)CO2. The van der Waals surface area contributed by atoms with Gasteiger partial charge in [0.15, 0.2) is 17.2 Å². The highest BCUT2D eigenvalue weighted by molar-refractivity contribution is 7.90. The number of anilines is 2. The molecule has 16 nitrogen and oxygen atoms in total. The Kier molecular flexibility index (Phi) is 13.9. The van der Waals surface area contributed by atoms with Crippen molar-refractivity contribution in [1.82, 2.24) is 19.6 Å². The Balaban J connectivity index is 0.904. The van der Waals surface area contributed by atoms with Crippen molar-refractivity contribution in [3.05, 3.63) is 99.5 Å². The van der Waals surface area contributed by atoms with Gasteiger partial charge in [0.1, 0.15) is 30.4 Å². The number of likely N-dealkylation sites (tertiary alicyclic amines) is 1. The number of methoxy groups -OCH3 is 1. The second-order valence-electron chi connectivity index (χ2n) is 22.3. The number of carbonyl (C=O) groups excluding carboxylic acids is 1. The van der Waals surface area contributed by atoms with Gasteiger partial charge in [-0.25, -0.2) is 17.5 Å². The normalized spacial score (nSPS) is 22.3. The molecule has 3 aliphatic heterocycles. The lowest BCUT2D eigenvalue weighted by Crippen LogP contribution is -2.63. The highest BCUT2D eigenvalue weighted by atomic mass is 32.2. The smallest absolute Gasteiger partial charge is 0.297 e. The van der Waals surface area contributed by atoms with Gasteiger partial charge in [-0.15, -0.1) is 0 Å². The van der Waals surface area contributed by atoms with E-state index in [0.717, 1.165) is 82.7 Å². The molecule has 1 amide bonds. The van der Waals surface area contributed by atoms with Crippen molar-refractivity contribution < 1.29 is 41.5 Å². The predicted octanol–water partition coefficient (Wildman–Crippen LogP) is 10.7. The van der Waals surface area contributed by atoms with Gasteiger partial charge in [-0.1, -0.05) is 58.4 Å². The highest BCUT2D eigenvalue weighted by Crippen LogP contribution is 2.50. The Morgan fingerprint density at radius 2 is 1.75 bits per heavy atom. The van der Waals surface area contributed by atoms with E-state index in [0.29, 0.717) is 17.9 Å². The number of hydrogen-bond donors (Lipinski definition) is 3. The summed E-state index contributed by atoms with van der Waals surface area (Å²) >= 11 is 0. The fraction of sp³-hybridized carbons (Fsp3) is 0.527. The molecule has 4 fully saturated rings. The molecule has 10 rings (SSSR count). The average molecular weight is 1020 g/mol. The summed E-state index contributed by atoms with van der Waals surface area (Å²) in [5.41, 5.74) is 3.77. The van der Waals surface area contributed by atoms with E-state index in [2.05, 4.69) is 81.8 Å². The van der Waals surface area contributed by atoms with E-state index in [1.54, 1.807) is 19.1 Å². The van der Waals surface area contributed by atoms with Crippen LogP contribution in [0.5, 0.6) is 23.1 Å². The number of aromatic nitrogens is 2. The van der Waals surface area contributed by atoms with Gasteiger partial charge >= 0.3 is 0 Å². The topological polar surface area (TPSA) is 190 Å². The van der Waals surface area contributed by atoms with Gasteiger partial charge in [0.05, 0.1) is 32.9 Å². The fourth-order valence-electron chi connectivity index (χ4n) is 12.1. The summed E-state index contributed by atoms with van der Waals surface area (Å²) in [6, 6.07) is 17.8. The van der Waals surface area contributed by atoms with Crippen LogP contribution >= 0.6 is 0 Å². The maximum atomic E-state index is 15.1. The number of halogens is 1. The Morgan fingerprint density at radius 1 is 1.00 bits per heavy atom. The summed E-state index contributed by atoms with van der Waals surface area (Å²) in [5, 5.41) is 15.9. The molecule has 5 aromatic rings. The minimum absolute atomic E-state index is 0.00561.